The third-order valence-electron chi connectivity index (χ3n) is 7.09. The number of para-hydroxylation sites is 2. The van der Waals surface area contributed by atoms with Crippen molar-refractivity contribution in [1.82, 2.24) is 14.5 Å². The van der Waals surface area contributed by atoms with Gasteiger partial charge in [0.05, 0.1) is 11.0 Å². The molecule has 2 aromatic carbocycles. The van der Waals surface area contributed by atoms with Crippen molar-refractivity contribution in [3.8, 4) is 11.4 Å². The van der Waals surface area contributed by atoms with E-state index in [1.54, 1.807) is 0 Å². The van der Waals surface area contributed by atoms with Crippen LogP contribution in [-0.4, -0.2) is 32.0 Å². The first-order chi connectivity index (χ1) is 16.9. The minimum Gasteiger partial charge on any atom is -0.447 e. The summed E-state index contributed by atoms with van der Waals surface area (Å²) in [7, 11) is 0. The molecule has 7 nitrogen and oxygen atoms in total. The van der Waals surface area contributed by atoms with Crippen molar-refractivity contribution in [1.29, 1.82) is 0 Å². The first kappa shape index (κ1) is 23.1. The Labute approximate surface area is 204 Å². The van der Waals surface area contributed by atoms with Crippen molar-refractivity contribution < 1.29 is 14.3 Å². The quantitative estimate of drug-likeness (QED) is 0.347. The average Bonchev–Trinajstić information content (AvgIpc) is 3.47. The standard InChI is InChI=1S/C28H32N4O3/c1-18(2)16-24(26(33)35-28(27(29)34)13-6-3-7-14-28)32-23-9-5-4-8-22(23)31-25(32)20-10-11-21-19(17-20)12-15-30-21/h4-5,8-12,15,17-18,24,30H,3,6-7,13-14,16H2,1-2H3,(H2,29,34). The molecular weight excluding hydrogens is 440 g/mol. The summed E-state index contributed by atoms with van der Waals surface area (Å²) in [6.07, 6.45) is 6.06. The van der Waals surface area contributed by atoms with Gasteiger partial charge in [-0.15, -0.1) is 0 Å². The van der Waals surface area contributed by atoms with Crippen LogP contribution in [0.15, 0.2) is 54.7 Å². The molecule has 0 radical (unpaired) electrons. The Bertz CT molecular complexity index is 1380. The lowest BCUT2D eigenvalue weighted by atomic mass is 9.84. The molecule has 1 fully saturated rings. The molecule has 2 aromatic heterocycles. The van der Waals surface area contributed by atoms with Crippen LogP contribution < -0.4 is 5.73 Å². The number of esters is 1. The molecule has 35 heavy (non-hydrogen) atoms. The van der Waals surface area contributed by atoms with Crippen molar-refractivity contribution in [2.75, 3.05) is 0 Å². The Hall–Kier alpha value is -3.61. The first-order valence-electron chi connectivity index (χ1n) is 12.5. The van der Waals surface area contributed by atoms with Gasteiger partial charge in [0, 0.05) is 22.7 Å². The van der Waals surface area contributed by atoms with Crippen LogP contribution in [0.2, 0.25) is 0 Å². The molecule has 1 amide bonds. The largest absolute Gasteiger partial charge is 0.447 e. The number of aromatic amines is 1. The van der Waals surface area contributed by atoms with E-state index in [2.05, 4.69) is 24.9 Å². The number of H-pyrrole nitrogens is 1. The molecule has 1 aliphatic rings. The topological polar surface area (TPSA) is 103 Å². The van der Waals surface area contributed by atoms with Crippen molar-refractivity contribution in [2.24, 2.45) is 11.7 Å². The number of primary amides is 1. The molecule has 3 N–H and O–H groups in total. The summed E-state index contributed by atoms with van der Waals surface area (Å²) >= 11 is 0. The lowest BCUT2D eigenvalue weighted by Crippen LogP contribution is -2.50. The van der Waals surface area contributed by atoms with Crippen LogP contribution in [0.25, 0.3) is 33.3 Å². The van der Waals surface area contributed by atoms with Crippen molar-refractivity contribution in [3.63, 3.8) is 0 Å². The molecule has 2 heterocycles. The minimum absolute atomic E-state index is 0.213. The Morgan fingerprint density at radius 2 is 1.89 bits per heavy atom. The number of hydrogen-bond donors (Lipinski definition) is 2. The Morgan fingerprint density at radius 3 is 2.63 bits per heavy atom. The smallest absolute Gasteiger partial charge is 0.330 e. The van der Waals surface area contributed by atoms with Gasteiger partial charge >= 0.3 is 5.97 Å². The number of nitrogens with zero attached hydrogens (tertiary/aromatic N) is 2. The molecule has 0 spiro atoms. The first-order valence-corrected chi connectivity index (χ1v) is 12.5. The molecule has 1 saturated carbocycles. The maximum atomic E-state index is 13.9. The van der Waals surface area contributed by atoms with Gasteiger partial charge in [0.1, 0.15) is 11.9 Å². The van der Waals surface area contributed by atoms with E-state index in [1.807, 2.05) is 53.2 Å². The van der Waals surface area contributed by atoms with Crippen LogP contribution in [0.5, 0.6) is 0 Å². The summed E-state index contributed by atoms with van der Waals surface area (Å²) in [5, 5.41) is 1.07. The number of hydrogen-bond acceptors (Lipinski definition) is 4. The van der Waals surface area contributed by atoms with E-state index in [0.29, 0.717) is 25.1 Å². The molecule has 0 aliphatic heterocycles. The lowest BCUT2D eigenvalue weighted by molar-refractivity contribution is -0.174. The fourth-order valence-electron chi connectivity index (χ4n) is 5.29. The number of ether oxygens (including phenoxy) is 1. The van der Waals surface area contributed by atoms with E-state index in [1.165, 1.54) is 0 Å². The number of benzene rings is 2. The number of nitrogens with one attached hydrogen (secondary N) is 1. The number of amides is 1. The lowest BCUT2D eigenvalue weighted by Gasteiger charge is -2.35. The molecule has 5 rings (SSSR count). The zero-order valence-corrected chi connectivity index (χ0v) is 20.3. The van der Waals surface area contributed by atoms with Gasteiger partial charge in [-0.1, -0.05) is 32.4 Å². The van der Waals surface area contributed by atoms with Crippen LogP contribution in [-0.2, 0) is 14.3 Å². The second-order valence-electron chi connectivity index (χ2n) is 10.1. The number of carbonyl (C=O) groups is 2. The third-order valence-corrected chi connectivity index (χ3v) is 7.09. The highest BCUT2D eigenvalue weighted by Crippen LogP contribution is 2.37. The summed E-state index contributed by atoms with van der Waals surface area (Å²) < 4.78 is 8.05. The van der Waals surface area contributed by atoms with Crippen LogP contribution in [0, 0.1) is 5.92 Å². The molecule has 7 heteroatoms. The third kappa shape index (κ3) is 4.31. The van der Waals surface area contributed by atoms with Gasteiger partial charge < -0.3 is 20.0 Å². The van der Waals surface area contributed by atoms with Crippen LogP contribution >= 0.6 is 0 Å². The van der Waals surface area contributed by atoms with E-state index in [4.69, 9.17) is 15.5 Å². The van der Waals surface area contributed by atoms with Gasteiger partial charge in [-0.2, -0.15) is 0 Å². The summed E-state index contributed by atoms with van der Waals surface area (Å²) in [5.41, 5.74) is 8.17. The Morgan fingerprint density at radius 1 is 1.11 bits per heavy atom. The fraction of sp³-hybridized carbons (Fsp3) is 0.393. The number of nitrogens with two attached hydrogens (primary N) is 1. The van der Waals surface area contributed by atoms with E-state index < -0.39 is 23.5 Å². The van der Waals surface area contributed by atoms with E-state index >= 15 is 0 Å². The number of aromatic nitrogens is 3. The minimum atomic E-state index is -1.23. The highest BCUT2D eigenvalue weighted by atomic mass is 16.6. The van der Waals surface area contributed by atoms with E-state index in [0.717, 1.165) is 46.8 Å². The maximum Gasteiger partial charge on any atom is 0.330 e. The zero-order chi connectivity index (χ0) is 24.6. The zero-order valence-electron chi connectivity index (χ0n) is 20.3. The average molecular weight is 473 g/mol. The van der Waals surface area contributed by atoms with Gasteiger partial charge in [0.25, 0.3) is 5.91 Å². The normalized spacial score (nSPS) is 16.5. The second kappa shape index (κ2) is 9.21. The fourth-order valence-corrected chi connectivity index (χ4v) is 5.29. The van der Waals surface area contributed by atoms with Gasteiger partial charge in [-0.25, -0.2) is 9.78 Å². The van der Waals surface area contributed by atoms with Gasteiger partial charge in [0.15, 0.2) is 5.60 Å². The van der Waals surface area contributed by atoms with Gasteiger partial charge in [-0.05, 0) is 74.4 Å². The van der Waals surface area contributed by atoms with Crippen molar-refractivity contribution >= 4 is 33.8 Å². The Kier molecular flexibility index (Phi) is 6.09. The summed E-state index contributed by atoms with van der Waals surface area (Å²) in [6.45, 7) is 4.16. The maximum absolute atomic E-state index is 13.9. The molecule has 0 saturated heterocycles. The SMILES string of the molecule is CC(C)CC(C(=O)OC1(C(N)=O)CCCCC1)n1c(-c2ccc3[nH]ccc3c2)nc2ccccc21. The van der Waals surface area contributed by atoms with Crippen molar-refractivity contribution in [3.05, 3.63) is 54.7 Å². The number of rotatable bonds is 7. The van der Waals surface area contributed by atoms with Gasteiger partial charge in [-0.3, -0.25) is 4.79 Å². The van der Waals surface area contributed by atoms with Crippen LogP contribution in [0.1, 0.15) is 58.4 Å². The summed E-state index contributed by atoms with van der Waals surface area (Å²) in [4.78, 5) is 34.5. The number of imidazole rings is 1. The highest BCUT2D eigenvalue weighted by molar-refractivity contribution is 5.90. The predicted octanol–water partition coefficient (Wildman–Crippen LogP) is 5.50. The van der Waals surface area contributed by atoms with Gasteiger partial charge in [0.2, 0.25) is 0 Å². The monoisotopic (exact) mass is 472 g/mol. The summed E-state index contributed by atoms with van der Waals surface area (Å²) in [5.74, 6) is -0.0627. The van der Waals surface area contributed by atoms with Crippen LogP contribution in [0.4, 0.5) is 0 Å². The molecule has 1 unspecified atom stereocenters. The van der Waals surface area contributed by atoms with E-state index in [-0.39, 0.29) is 5.92 Å². The molecule has 1 aliphatic carbocycles. The predicted molar refractivity (Wildman–Crippen MR) is 137 cm³/mol. The van der Waals surface area contributed by atoms with E-state index in [9.17, 15) is 9.59 Å². The molecule has 182 valence electrons. The molecular formula is C28H32N4O3. The number of fused-ring (bicyclic) bond motifs is 2. The molecule has 4 aromatic rings. The Balaban J connectivity index is 1.63. The highest BCUT2D eigenvalue weighted by Gasteiger charge is 2.43. The number of carbonyl (C=O) groups excluding carboxylic acids is 2. The van der Waals surface area contributed by atoms with Crippen molar-refractivity contribution in [2.45, 2.75) is 64.0 Å². The second-order valence-corrected chi connectivity index (χ2v) is 10.1. The molecule has 0 bridgehead atoms. The molecule has 1 atom stereocenters. The summed E-state index contributed by atoms with van der Waals surface area (Å²) in [6, 6.07) is 15.3. The van der Waals surface area contributed by atoms with Crippen LogP contribution in [0.3, 0.4) is 0 Å².